The molecule has 5 heteroatoms. The average Bonchev–Trinajstić information content (AvgIpc) is 2.37. The molecule has 1 saturated heterocycles. The number of carbonyl (C=O) groups excluding carboxylic acids is 2. The summed E-state index contributed by atoms with van der Waals surface area (Å²) in [4.78, 5) is 26.8. The van der Waals surface area contributed by atoms with Crippen molar-refractivity contribution in [2.24, 2.45) is 5.92 Å². The van der Waals surface area contributed by atoms with Crippen molar-refractivity contribution in [3.63, 3.8) is 0 Å². The quantitative estimate of drug-likeness (QED) is 0.786. The predicted octanol–water partition coefficient (Wildman–Crippen LogP) is 0.311. The number of likely N-dealkylation sites (N-methyl/N-ethyl adjacent to an activating group) is 2. The molecule has 1 fully saturated rings. The van der Waals surface area contributed by atoms with Gasteiger partial charge in [0.25, 0.3) is 0 Å². The molecule has 0 aromatic heterocycles. The van der Waals surface area contributed by atoms with Crippen molar-refractivity contribution in [3.05, 3.63) is 0 Å². The van der Waals surface area contributed by atoms with E-state index in [-0.39, 0.29) is 24.4 Å². The largest absolute Gasteiger partial charge is 0.347 e. The Labute approximate surface area is 110 Å². The molecule has 1 aliphatic heterocycles. The van der Waals surface area contributed by atoms with Crippen LogP contribution in [0.5, 0.6) is 0 Å². The maximum Gasteiger partial charge on any atom is 0.241 e. The Morgan fingerprint density at radius 1 is 1.28 bits per heavy atom. The van der Waals surface area contributed by atoms with Gasteiger partial charge in [-0.1, -0.05) is 13.3 Å². The molecule has 2 unspecified atom stereocenters. The standard InChI is InChI=1S/C13H25N3O2/c1-5-10-6-7-14-11(8-10)13(18)16(4)9-12(17)15(2)3/h10-11,14H,5-9H2,1-4H3. The molecular formula is C13H25N3O2. The summed E-state index contributed by atoms with van der Waals surface area (Å²) in [6.07, 6.45) is 3.14. The highest BCUT2D eigenvalue weighted by molar-refractivity contribution is 5.87. The normalized spacial score (nSPS) is 23.6. The minimum Gasteiger partial charge on any atom is -0.347 e. The Kier molecular flexibility index (Phi) is 5.59. The van der Waals surface area contributed by atoms with Gasteiger partial charge in [-0.25, -0.2) is 0 Å². The first-order valence-corrected chi connectivity index (χ1v) is 6.64. The van der Waals surface area contributed by atoms with Gasteiger partial charge in [0.05, 0.1) is 12.6 Å². The lowest BCUT2D eigenvalue weighted by molar-refractivity contribution is -0.139. The minimum atomic E-state index is -0.122. The van der Waals surface area contributed by atoms with Crippen LogP contribution >= 0.6 is 0 Å². The number of carbonyl (C=O) groups is 2. The zero-order chi connectivity index (χ0) is 13.7. The van der Waals surface area contributed by atoms with Gasteiger partial charge in [0, 0.05) is 21.1 Å². The van der Waals surface area contributed by atoms with E-state index in [1.54, 1.807) is 21.1 Å². The van der Waals surface area contributed by atoms with Crippen LogP contribution in [0.1, 0.15) is 26.2 Å². The molecule has 1 rings (SSSR count). The molecule has 104 valence electrons. The van der Waals surface area contributed by atoms with Gasteiger partial charge in [0.1, 0.15) is 0 Å². The van der Waals surface area contributed by atoms with Crippen LogP contribution in [0.25, 0.3) is 0 Å². The van der Waals surface area contributed by atoms with Crippen LogP contribution in [-0.4, -0.2) is 61.9 Å². The molecule has 2 amide bonds. The summed E-state index contributed by atoms with van der Waals surface area (Å²) in [5, 5.41) is 3.25. The Morgan fingerprint density at radius 3 is 2.50 bits per heavy atom. The molecule has 2 atom stereocenters. The van der Waals surface area contributed by atoms with Gasteiger partial charge in [-0.15, -0.1) is 0 Å². The second-order valence-corrected chi connectivity index (χ2v) is 5.29. The summed E-state index contributed by atoms with van der Waals surface area (Å²) < 4.78 is 0. The number of piperidine rings is 1. The van der Waals surface area contributed by atoms with Crippen LogP contribution in [0, 0.1) is 5.92 Å². The Balaban J connectivity index is 2.50. The molecule has 0 bridgehead atoms. The summed E-state index contributed by atoms with van der Waals surface area (Å²) in [5.74, 6) is 0.607. The van der Waals surface area contributed by atoms with Crippen LogP contribution < -0.4 is 5.32 Å². The van der Waals surface area contributed by atoms with E-state index in [1.807, 2.05) is 0 Å². The second kappa shape index (κ2) is 6.73. The Morgan fingerprint density at radius 2 is 1.94 bits per heavy atom. The van der Waals surface area contributed by atoms with E-state index in [1.165, 1.54) is 9.80 Å². The molecule has 1 N–H and O–H groups in total. The van der Waals surface area contributed by atoms with Crippen molar-refractivity contribution in [2.75, 3.05) is 34.2 Å². The zero-order valence-corrected chi connectivity index (χ0v) is 11.9. The van der Waals surface area contributed by atoms with E-state index >= 15 is 0 Å². The van der Waals surface area contributed by atoms with Crippen LogP contribution in [-0.2, 0) is 9.59 Å². The number of rotatable bonds is 4. The maximum atomic E-state index is 12.2. The summed E-state index contributed by atoms with van der Waals surface area (Å²) in [6.45, 7) is 3.21. The SMILES string of the molecule is CCC1CCNC(C(=O)N(C)CC(=O)N(C)C)C1. The topological polar surface area (TPSA) is 52.7 Å². The minimum absolute atomic E-state index is 0.0309. The van der Waals surface area contributed by atoms with Gasteiger partial charge in [-0.3, -0.25) is 9.59 Å². The van der Waals surface area contributed by atoms with Gasteiger partial charge in [-0.2, -0.15) is 0 Å². The van der Waals surface area contributed by atoms with Gasteiger partial charge < -0.3 is 15.1 Å². The summed E-state index contributed by atoms with van der Waals surface area (Å²) in [7, 11) is 5.10. The first-order chi connectivity index (χ1) is 8.45. The molecule has 1 heterocycles. The number of hydrogen-bond donors (Lipinski definition) is 1. The van der Waals surface area contributed by atoms with Crippen molar-refractivity contribution < 1.29 is 9.59 Å². The molecular weight excluding hydrogens is 230 g/mol. The number of nitrogens with zero attached hydrogens (tertiary/aromatic N) is 2. The van der Waals surface area contributed by atoms with Crippen LogP contribution in [0.3, 0.4) is 0 Å². The van der Waals surface area contributed by atoms with Crippen LogP contribution in [0.15, 0.2) is 0 Å². The fourth-order valence-corrected chi connectivity index (χ4v) is 2.24. The van der Waals surface area contributed by atoms with Crippen molar-refractivity contribution in [1.82, 2.24) is 15.1 Å². The highest BCUT2D eigenvalue weighted by Crippen LogP contribution is 2.20. The monoisotopic (exact) mass is 255 g/mol. The molecule has 0 saturated carbocycles. The first kappa shape index (κ1) is 15.0. The fraction of sp³-hybridized carbons (Fsp3) is 0.846. The molecule has 5 nitrogen and oxygen atoms in total. The first-order valence-electron chi connectivity index (χ1n) is 6.64. The number of amides is 2. The van der Waals surface area contributed by atoms with Crippen molar-refractivity contribution in [2.45, 2.75) is 32.2 Å². The van der Waals surface area contributed by atoms with Gasteiger partial charge in [0.15, 0.2) is 0 Å². The van der Waals surface area contributed by atoms with E-state index < -0.39 is 0 Å². The lowest BCUT2D eigenvalue weighted by atomic mass is 9.90. The molecule has 1 aliphatic rings. The molecule has 0 radical (unpaired) electrons. The lowest BCUT2D eigenvalue weighted by Crippen LogP contribution is -2.51. The van der Waals surface area contributed by atoms with Gasteiger partial charge >= 0.3 is 0 Å². The van der Waals surface area contributed by atoms with Crippen molar-refractivity contribution >= 4 is 11.8 Å². The predicted molar refractivity (Wildman–Crippen MR) is 71.1 cm³/mol. The van der Waals surface area contributed by atoms with Gasteiger partial charge in [0.2, 0.25) is 11.8 Å². The summed E-state index contributed by atoms with van der Waals surface area (Å²) in [6, 6.07) is -0.122. The van der Waals surface area contributed by atoms with E-state index in [0.29, 0.717) is 5.92 Å². The number of nitrogens with one attached hydrogen (secondary N) is 1. The average molecular weight is 255 g/mol. The molecule has 0 aromatic rings. The summed E-state index contributed by atoms with van der Waals surface area (Å²) >= 11 is 0. The molecule has 18 heavy (non-hydrogen) atoms. The smallest absolute Gasteiger partial charge is 0.241 e. The molecule has 0 aliphatic carbocycles. The van der Waals surface area contributed by atoms with E-state index in [2.05, 4.69) is 12.2 Å². The van der Waals surface area contributed by atoms with Gasteiger partial charge in [-0.05, 0) is 25.3 Å². The van der Waals surface area contributed by atoms with E-state index in [4.69, 9.17) is 0 Å². The Hall–Kier alpha value is -1.10. The van der Waals surface area contributed by atoms with Crippen LogP contribution in [0.4, 0.5) is 0 Å². The molecule has 0 spiro atoms. The fourth-order valence-electron chi connectivity index (χ4n) is 2.24. The molecule has 0 aromatic carbocycles. The maximum absolute atomic E-state index is 12.2. The third-order valence-electron chi connectivity index (χ3n) is 3.64. The highest BCUT2D eigenvalue weighted by atomic mass is 16.2. The third kappa shape index (κ3) is 3.98. The zero-order valence-electron chi connectivity index (χ0n) is 11.9. The Bertz CT molecular complexity index is 305. The number of hydrogen-bond acceptors (Lipinski definition) is 3. The highest BCUT2D eigenvalue weighted by Gasteiger charge is 2.28. The van der Waals surface area contributed by atoms with Crippen molar-refractivity contribution in [1.29, 1.82) is 0 Å². The third-order valence-corrected chi connectivity index (χ3v) is 3.64. The summed E-state index contributed by atoms with van der Waals surface area (Å²) in [5.41, 5.74) is 0. The second-order valence-electron chi connectivity index (χ2n) is 5.29. The lowest BCUT2D eigenvalue weighted by Gasteiger charge is -2.31. The van der Waals surface area contributed by atoms with Crippen LogP contribution in [0.2, 0.25) is 0 Å². The van der Waals surface area contributed by atoms with E-state index in [0.717, 1.165) is 25.8 Å². The van der Waals surface area contributed by atoms with E-state index in [9.17, 15) is 9.59 Å². The van der Waals surface area contributed by atoms with Crippen molar-refractivity contribution in [3.8, 4) is 0 Å².